The molecule has 1 aromatic carbocycles. The predicted octanol–water partition coefficient (Wildman–Crippen LogP) is 3.55. The third-order valence-electron chi connectivity index (χ3n) is 3.80. The normalized spacial score (nSPS) is 19.7. The maximum absolute atomic E-state index is 14.4. The third-order valence-corrected chi connectivity index (χ3v) is 3.80. The van der Waals surface area contributed by atoms with E-state index in [-0.39, 0.29) is 18.0 Å². The highest BCUT2D eigenvalue weighted by atomic mass is 19.3. The monoisotopic (exact) mass is 269 g/mol. The SMILES string of the molecule is COc1cc(C)c(C(F)(F)CC2CCCN2)cc1C. The summed E-state index contributed by atoms with van der Waals surface area (Å²) < 4.78 is 34.0. The largest absolute Gasteiger partial charge is 0.496 e. The Morgan fingerprint density at radius 1 is 1.32 bits per heavy atom. The van der Waals surface area contributed by atoms with Gasteiger partial charge in [-0.25, -0.2) is 8.78 Å². The van der Waals surface area contributed by atoms with Crippen molar-refractivity contribution in [3.63, 3.8) is 0 Å². The van der Waals surface area contributed by atoms with Crippen molar-refractivity contribution < 1.29 is 13.5 Å². The van der Waals surface area contributed by atoms with Gasteiger partial charge in [0, 0.05) is 18.0 Å². The van der Waals surface area contributed by atoms with Gasteiger partial charge in [-0.1, -0.05) is 0 Å². The van der Waals surface area contributed by atoms with Crippen LogP contribution in [0, 0.1) is 13.8 Å². The molecule has 0 aliphatic carbocycles. The molecule has 1 fully saturated rings. The highest BCUT2D eigenvalue weighted by molar-refractivity contribution is 5.43. The van der Waals surface area contributed by atoms with Crippen molar-refractivity contribution in [3.8, 4) is 5.75 Å². The van der Waals surface area contributed by atoms with Crippen LogP contribution < -0.4 is 10.1 Å². The molecule has 1 aliphatic rings. The van der Waals surface area contributed by atoms with E-state index in [0.29, 0.717) is 11.3 Å². The van der Waals surface area contributed by atoms with E-state index in [0.717, 1.165) is 24.9 Å². The first-order valence-corrected chi connectivity index (χ1v) is 6.71. The Bertz CT molecular complexity index is 454. The van der Waals surface area contributed by atoms with Gasteiger partial charge in [0.2, 0.25) is 0 Å². The molecular weight excluding hydrogens is 248 g/mol. The lowest BCUT2D eigenvalue weighted by Crippen LogP contribution is -2.29. The molecule has 0 bridgehead atoms. The van der Waals surface area contributed by atoms with E-state index in [4.69, 9.17) is 4.74 Å². The number of ether oxygens (including phenoxy) is 1. The first-order valence-electron chi connectivity index (χ1n) is 6.71. The number of hydrogen-bond donors (Lipinski definition) is 1. The van der Waals surface area contributed by atoms with E-state index in [1.807, 2.05) is 0 Å². The summed E-state index contributed by atoms with van der Waals surface area (Å²) >= 11 is 0. The van der Waals surface area contributed by atoms with Crippen molar-refractivity contribution >= 4 is 0 Å². The van der Waals surface area contributed by atoms with Crippen LogP contribution in [-0.4, -0.2) is 19.7 Å². The van der Waals surface area contributed by atoms with Gasteiger partial charge in [-0.2, -0.15) is 0 Å². The highest BCUT2D eigenvalue weighted by Gasteiger charge is 2.37. The summed E-state index contributed by atoms with van der Waals surface area (Å²) in [5.41, 5.74) is 1.46. The summed E-state index contributed by atoms with van der Waals surface area (Å²) in [5.74, 6) is -2.13. The van der Waals surface area contributed by atoms with E-state index < -0.39 is 5.92 Å². The highest BCUT2D eigenvalue weighted by Crippen LogP contribution is 2.38. The number of methoxy groups -OCH3 is 1. The molecule has 0 spiro atoms. The van der Waals surface area contributed by atoms with E-state index in [9.17, 15) is 8.78 Å². The van der Waals surface area contributed by atoms with Crippen molar-refractivity contribution in [2.45, 2.75) is 45.1 Å². The van der Waals surface area contributed by atoms with Crippen LogP contribution in [0.2, 0.25) is 0 Å². The molecular formula is C15H21F2NO. The average Bonchev–Trinajstić information content (AvgIpc) is 2.83. The Balaban J connectivity index is 2.25. The molecule has 4 heteroatoms. The second-order valence-corrected chi connectivity index (χ2v) is 5.34. The number of benzene rings is 1. The Kier molecular flexibility index (Phi) is 4.09. The lowest BCUT2D eigenvalue weighted by molar-refractivity contribution is -0.0219. The molecule has 1 aromatic rings. The molecule has 106 valence electrons. The summed E-state index contributed by atoms with van der Waals surface area (Å²) in [4.78, 5) is 0. The molecule has 0 radical (unpaired) electrons. The molecule has 1 unspecified atom stereocenters. The molecule has 1 N–H and O–H groups in total. The van der Waals surface area contributed by atoms with Crippen LogP contribution in [0.15, 0.2) is 12.1 Å². The van der Waals surface area contributed by atoms with Crippen LogP contribution in [0.3, 0.4) is 0 Å². The van der Waals surface area contributed by atoms with E-state index in [2.05, 4.69) is 5.32 Å². The van der Waals surface area contributed by atoms with Gasteiger partial charge in [-0.3, -0.25) is 0 Å². The molecule has 0 aromatic heterocycles. The average molecular weight is 269 g/mol. The molecule has 1 atom stereocenters. The van der Waals surface area contributed by atoms with Crippen LogP contribution in [-0.2, 0) is 5.92 Å². The minimum absolute atomic E-state index is 0.0724. The number of alkyl halides is 2. The number of nitrogens with one attached hydrogen (secondary N) is 1. The van der Waals surface area contributed by atoms with Crippen LogP contribution in [0.1, 0.15) is 36.0 Å². The summed E-state index contributed by atoms with van der Waals surface area (Å²) in [6, 6.07) is 3.18. The first kappa shape index (κ1) is 14.3. The van der Waals surface area contributed by atoms with Gasteiger partial charge < -0.3 is 10.1 Å². The van der Waals surface area contributed by atoms with Gasteiger partial charge in [0.1, 0.15) is 5.75 Å². The second kappa shape index (κ2) is 5.45. The summed E-state index contributed by atoms with van der Waals surface area (Å²) in [5, 5.41) is 3.13. The zero-order chi connectivity index (χ0) is 14.0. The predicted molar refractivity (Wildman–Crippen MR) is 72.0 cm³/mol. The fourth-order valence-corrected chi connectivity index (χ4v) is 2.75. The number of aryl methyl sites for hydroxylation is 2. The van der Waals surface area contributed by atoms with Crippen molar-refractivity contribution in [1.82, 2.24) is 5.32 Å². The number of hydrogen-bond acceptors (Lipinski definition) is 2. The van der Waals surface area contributed by atoms with Crippen molar-refractivity contribution in [1.29, 1.82) is 0 Å². The van der Waals surface area contributed by atoms with E-state index in [1.165, 1.54) is 0 Å². The third kappa shape index (κ3) is 3.06. The molecule has 0 amide bonds. The maximum atomic E-state index is 14.4. The Labute approximate surface area is 113 Å². The second-order valence-electron chi connectivity index (χ2n) is 5.34. The van der Waals surface area contributed by atoms with Crippen LogP contribution >= 0.6 is 0 Å². The standard InChI is InChI=1S/C15H21F2NO/c1-10-8-14(19-3)11(2)7-13(10)15(16,17)9-12-5-4-6-18-12/h7-8,12,18H,4-6,9H2,1-3H3. The summed E-state index contributed by atoms with van der Waals surface area (Å²) in [6.45, 7) is 4.36. The molecule has 1 saturated heterocycles. The topological polar surface area (TPSA) is 21.3 Å². The maximum Gasteiger partial charge on any atom is 0.275 e. The van der Waals surface area contributed by atoms with Crippen LogP contribution in [0.25, 0.3) is 0 Å². The van der Waals surface area contributed by atoms with Crippen molar-refractivity contribution in [2.24, 2.45) is 0 Å². The van der Waals surface area contributed by atoms with Gasteiger partial charge in [-0.05, 0) is 56.5 Å². The zero-order valence-corrected chi connectivity index (χ0v) is 11.7. The first-order chi connectivity index (χ1) is 8.94. The van der Waals surface area contributed by atoms with Crippen LogP contribution in [0.5, 0.6) is 5.75 Å². The molecule has 19 heavy (non-hydrogen) atoms. The number of halogens is 2. The minimum Gasteiger partial charge on any atom is -0.496 e. The van der Waals surface area contributed by atoms with Crippen molar-refractivity contribution in [2.75, 3.05) is 13.7 Å². The fraction of sp³-hybridized carbons (Fsp3) is 0.600. The minimum atomic E-state index is -2.79. The molecule has 1 heterocycles. The van der Waals surface area contributed by atoms with Gasteiger partial charge >= 0.3 is 0 Å². The van der Waals surface area contributed by atoms with Crippen LogP contribution in [0.4, 0.5) is 8.78 Å². The molecule has 2 rings (SSSR count). The summed E-state index contributed by atoms with van der Waals surface area (Å²) in [7, 11) is 1.56. The lowest BCUT2D eigenvalue weighted by Gasteiger charge is -2.23. The Hall–Kier alpha value is -1.16. The van der Waals surface area contributed by atoms with Gasteiger partial charge in [0.05, 0.1) is 7.11 Å². The summed E-state index contributed by atoms with van der Waals surface area (Å²) in [6.07, 6.45) is 1.70. The van der Waals surface area contributed by atoms with Crippen molar-refractivity contribution in [3.05, 3.63) is 28.8 Å². The molecule has 0 saturated carbocycles. The smallest absolute Gasteiger partial charge is 0.275 e. The quantitative estimate of drug-likeness (QED) is 0.902. The van der Waals surface area contributed by atoms with Gasteiger partial charge in [-0.15, -0.1) is 0 Å². The molecule has 2 nitrogen and oxygen atoms in total. The van der Waals surface area contributed by atoms with E-state index >= 15 is 0 Å². The Morgan fingerprint density at radius 2 is 2.05 bits per heavy atom. The lowest BCUT2D eigenvalue weighted by atomic mass is 9.94. The molecule has 1 aliphatic heterocycles. The number of rotatable bonds is 4. The van der Waals surface area contributed by atoms with Gasteiger partial charge in [0.15, 0.2) is 0 Å². The Morgan fingerprint density at radius 3 is 2.63 bits per heavy atom. The fourth-order valence-electron chi connectivity index (χ4n) is 2.75. The van der Waals surface area contributed by atoms with E-state index in [1.54, 1.807) is 33.1 Å². The van der Waals surface area contributed by atoms with Gasteiger partial charge in [0.25, 0.3) is 5.92 Å². The zero-order valence-electron chi connectivity index (χ0n) is 11.7.